The van der Waals surface area contributed by atoms with E-state index < -0.39 is 4.92 Å². The van der Waals surface area contributed by atoms with Crippen molar-refractivity contribution in [3.8, 4) is 11.3 Å². The van der Waals surface area contributed by atoms with Gasteiger partial charge in [0.15, 0.2) is 5.17 Å². The average molecular weight is 474 g/mol. The molecule has 10 heteroatoms. The third kappa shape index (κ3) is 4.51. The SMILES string of the molecule is Cc1c(Cl)cccc1N=C1NC(=O)/C(=C\c2ccc(-c3ccc([N+](=O)[O-])cc3Cl)o2)S1. The first-order chi connectivity index (χ1) is 14.8. The number of aliphatic imine (C=N–C) groups is 1. The minimum Gasteiger partial charge on any atom is -0.457 e. The lowest BCUT2D eigenvalue weighted by atomic mass is 10.1. The number of rotatable bonds is 4. The van der Waals surface area contributed by atoms with E-state index in [1.807, 2.05) is 13.0 Å². The number of non-ortho nitro benzene ring substituents is 1. The van der Waals surface area contributed by atoms with E-state index in [4.69, 9.17) is 27.6 Å². The molecule has 0 unspecified atom stereocenters. The summed E-state index contributed by atoms with van der Waals surface area (Å²) in [5.74, 6) is 0.565. The number of nitrogens with zero attached hydrogens (tertiary/aromatic N) is 2. The van der Waals surface area contributed by atoms with Gasteiger partial charge in [-0.15, -0.1) is 0 Å². The number of amidine groups is 1. The Morgan fingerprint density at radius 1 is 1.16 bits per heavy atom. The Kier molecular flexibility index (Phi) is 5.86. The molecule has 1 aliphatic rings. The maximum absolute atomic E-state index is 12.3. The van der Waals surface area contributed by atoms with Gasteiger partial charge in [0.1, 0.15) is 11.5 Å². The second kappa shape index (κ2) is 8.58. The molecule has 0 saturated carbocycles. The van der Waals surface area contributed by atoms with Gasteiger partial charge in [0.2, 0.25) is 0 Å². The normalized spacial score (nSPS) is 16.2. The van der Waals surface area contributed by atoms with E-state index in [0.717, 1.165) is 5.56 Å². The number of hydrogen-bond donors (Lipinski definition) is 1. The molecule has 1 fully saturated rings. The minimum atomic E-state index is -0.520. The van der Waals surface area contributed by atoms with Crippen LogP contribution in [0.15, 0.2) is 62.8 Å². The van der Waals surface area contributed by atoms with Crippen LogP contribution in [0.1, 0.15) is 11.3 Å². The third-order valence-corrected chi connectivity index (χ3v) is 6.07. The van der Waals surface area contributed by atoms with Crippen molar-refractivity contribution < 1.29 is 14.1 Å². The van der Waals surface area contributed by atoms with Crippen molar-refractivity contribution in [2.45, 2.75) is 6.92 Å². The summed E-state index contributed by atoms with van der Waals surface area (Å²) in [6, 6.07) is 12.9. The number of hydrogen-bond acceptors (Lipinski definition) is 6. The monoisotopic (exact) mass is 473 g/mol. The number of nitrogens with one attached hydrogen (secondary N) is 1. The summed E-state index contributed by atoms with van der Waals surface area (Å²) in [6.45, 7) is 1.85. The lowest BCUT2D eigenvalue weighted by Gasteiger charge is -2.02. The van der Waals surface area contributed by atoms with Gasteiger partial charge in [0.25, 0.3) is 11.6 Å². The molecule has 7 nitrogen and oxygen atoms in total. The first-order valence-electron chi connectivity index (χ1n) is 8.90. The zero-order chi connectivity index (χ0) is 22.1. The molecule has 1 saturated heterocycles. The largest absolute Gasteiger partial charge is 0.457 e. The van der Waals surface area contributed by atoms with E-state index in [2.05, 4.69) is 10.3 Å². The van der Waals surface area contributed by atoms with E-state index in [9.17, 15) is 14.9 Å². The Bertz CT molecular complexity index is 1280. The Morgan fingerprint density at radius 3 is 2.71 bits per heavy atom. The van der Waals surface area contributed by atoms with Gasteiger partial charge in [0, 0.05) is 28.8 Å². The van der Waals surface area contributed by atoms with Gasteiger partial charge < -0.3 is 9.73 Å². The van der Waals surface area contributed by atoms with Crippen molar-refractivity contribution in [2.75, 3.05) is 0 Å². The fourth-order valence-electron chi connectivity index (χ4n) is 2.83. The summed E-state index contributed by atoms with van der Waals surface area (Å²) in [4.78, 5) is 27.6. The predicted octanol–water partition coefficient (Wildman–Crippen LogP) is 6.36. The smallest absolute Gasteiger partial charge is 0.270 e. The Balaban J connectivity index is 1.57. The standard InChI is InChI=1S/C21H13Cl2N3O4S/c1-11-15(22)3-2-4-17(11)24-21-25-20(27)19(31-21)10-13-6-8-18(30-13)14-7-5-12(26(28)29)9-16(14)23/h2-10H,1H3,(H,24,25,27)/b19-10+. The van der Waals surface area contributed by atoms with Gasteiger partial charge in [-0.25, -0.2) is 4.99 Å². The summed E-state index contributed by atoms with van der Waals surface area (Å²) in [7, 11) is 0. The lowest BCUT2D eigenvalue weighted by Crippen LogP contribution is -2.19. The van der Waals surface area contributed by atoms with Crippen molar-refractivity contribution in [1.29, 1.82) is 0 Å². The van der Waals surface area contributed by atoms with Crippen molar-refractivity contribution in [3.05, 3.63) is 84.9 Å². The molecular formula is C21H13Cl2N3O4S. The fraction of sp³-hybridized carbons (Fsp3) is 0.0476. The van der Waals surface area contributed by atoms with Gasteiger partial charge in [0.05, 0.1) is 20.5 Å². The van der Waals surface area contributed by atoms with Crippen LogP contribution in [0.3, 0.4) is 0 Å². The molecule has 156 valence electrons. The summed E-state index contributed by atoms with van der Waals surface area (Å²) in [6.07, 6.45) is 1.59. The van der Waals surface area contributed by atoms with Gasteiger partial charge in [-0.2, -0.15) is 0 Å². The molecule has 1 N–H and O–H groups in total. The van der Waals surface area contributed by atoms with Crippen molar-refractivity contribution in [2.24, 2.45) is 4.99 Å². The van der Waals surface area contributed by atoms with Crippen LogP contribution in [-0.4, -0.2) is 16.0 Å². The topological polar surface area (TPSA) is 97.7 Å². The van der Waals surface area contributed by atoms with Crippen molar-refractivity contribution in [1.82, 2.24) is 5.32 Å². The lowest BCUT2D eigenvalue weighted by molar-refractivity contribution is -0.384. The van der Waals surface area contributed by atoms with Crippen LogP contribution < -0.4 is 5.32 Å². The highest BCUT2D eigenvalue weighted by Gasteiger charge is 2.25. The molecule has 0 atom stereocenters. The zero-order valence-corrected chi connectivity index (χ0v) is 18.2. The summed E-state index contributed by atoms with van der Waals surface area (Å²) < 4.78 is 5.77. The molecule has 3 aromatic rings. The number of furan rings is 1. The molecule has 2 aromatic carbocycles. The molecule has 0 radical (unpaired) electrons. The number of nitro groups is 1. The highest BCUT2D eigenvalue weighted by atomic mass is 35.5. The average Bonchev–Trinajstić information content (AvgIpc) is 3.32. The Labute approximate surface area is 190 Å². The summed E-state index contributed by atoms with van der Waals surface area (Å²) in [5, 5.41) is 14.8. The first-order valence-corrected chi connectivity index (χ1v) is 10.5. The quantitative estimate of drug-likeness (QED) is 0.270. The minimum absolute atomic E-state index is 0.108. The molecule has 1 aliphatic heterocycles. The number of benzene rings is 2. The van der Waals surface area contributed by atoms with Crippen LogP contribution in [0.25, 0.3) is 17.4 Å². The summed E-state index contributed by atoms with van der Waals surface area (Å²) in [5.41, 5.74) is 1.90. The van der Waals surface area contributed by atoms with Crippen molar-refractivity contribution in [3.63, 3.8) is 0 Å². The van der Waals surface area contributed by atoms with Crippen molar-refractivity contribution >= 4 is 63.5 Å². The maximum Gasteiger partial charge on any atom is 0.270 e. The van der Waals surface area contributed by atoms with Gasteiger partial charge in [-0.1, -0.05) is 29.3 Å². The second-order valence-corrected chi connectivity index (χ2v) is 8.33. The maximum atomic E-state index is 12.3. The van der Waals surface area contributed by atoms with E-state index in [1.165, 1.54) is 30.0 Å². The predicted molar refractivity (Wildman–Crippen MR) is 123 cm³/mol. The molecule has 0 bridgehead atoms. The number of carbonyl (C=O) groups excluding carboxylic acids is 1. The van der Waals surface area contributed by atoms with E-state index in [0.29, 0.717) is 37.9 Å². The van der Waals surface area contributed by atoms with Crippen LogP contribution in [0.4, 0.5) is 11.4 Å². The van der Waals surface area contributed by atoms with Crippen LogP contribution >= 0.6 is 35.0 Å². The number of nitro benzene ring substituents is 1. The fourth-order valence-corrected chi connectivity index (χ4v) is 4.08. The number of amides is 1. The Hall–Kier alpha value is -3.07. The molecule has 0 spiro atoms. The van der Waals surface area contributed by atoms with Crippen LogP contribution in [0.2, 0.25) is 10.0 Å². The third-order valence-electron chi connectivity index (χ3n) is 4.44. The second-order valence-electron chi connectivity index (χ2n) is 6.49. The van der Waals surface area contributed by atoms with E-state index in [-0.39, 0.29) is 16.6 Å². The number of thioether (sulfide) groups is 1. The molecule has 0 aliphatic carbocycles. The molecule has 31 heavy (non-hydrogen) atoms. The molecule has 4 rings (SSSR count). The number of halogens is 2. The highest BCUT2D eigenvalue weighted by molar-refractivity contribution is 8.18. The van der Waals surface area contributed by atoms with E-state index >= 15 is 0 Å². The van der Waals surface area contributed by atoms with Crippen LogP contribution in [0, 0.1) is 17.0 Å². The van der Waals surface area contributed by atoms with Gasteiger partial charge in [-0.05, 0) is 54.6 Å². The Morgan fingerprint density at radius 2 is 1.97 bits per heavy atom. The zero-order valence-electron chi connectivity index (χ0n) is 15.9. The van der Waals surface area contributed by atoms with E-state index in [1.54, 1.807) is 30.3 Å². The highest BCUT2D eigenvalue weighted by Crippen LogP contribution is 2.34. The first kappa shape index (κ1) is 21.2. The summed E-state index contributed by atoms with van der Waals surface area (Å²) >= 11 is 13.5. The number of carbonyl (C=O) groups is 1. The molecule has 1 aromatic heterocycles. The van der Waals surface area contributed by atoms with Crippen LogP contribution in [0.5, 0.6) is 0 Å². The van der Waals surface area contributed by atoms with Gasteiger partial charge >= 0.3 is 0 Å². The molecule has 1 amide bonds. The van der Waals surface area contributed by atoms with Gasteiger partial charge in [-0.3, -0.25) is 14.9 Å². The molecule has 2 heterocycles. The molecular weight excluding hydrogens is 461 g/mol. The van der Waals surface area contributed by atoms with Crippen LogP contribution in [-0.2, 0) is 4.79 Å².